The number of nitrogens with one attached hydrogen (secondary N) is 1. The molecule has 0 aliphatic heterocycles. The van der Waals surface area contributed by atoms with E-state index in [1.807, 2.05) is 0 Å². The number of hydrazone groups is 1. The molecule has 2 aromatic heterocycles. The van der Waals surface area contributed by atoms with Crippen LogP contribution in [0.1, 0.15) is 11.6 Å². The lowest BCUT2D eigenvalue weighted by Gasteiger charge is -1.99. The first-order chi connectivity index (χ1) is 10.6. The van der Waals surface area contributed by atoms with E-state index in [-0.39, 0.29) is 5.82 Å². The molecule has 7 nitrogen and oxygen atoms in total. The van der Waals surface area contributed by atoms with Gasteiger partial charge in [-0.15, -0.1) is 10.2 Å². The molecule has 0 bridgehead atoms. The number of rotatable bonds is 4. The topological polar surface area (TPSA) is 94.3 Å². The molecular weight excluding hydrogens is 287 g/mol. The van der Waals surface area contributed by atoms with E-state index in [4.69, 9.17) is 10.3 Å². The van der Waals surface area contributed by atoms with Crippen LogP contribution in [0.15, 0.2) is 45.9 Å². The lowest BCUT2D eigenvalue weighted by molar-refractivity contribution is 0.563. The summed E-state index contributed by atoms with van der Waals surface area (Å²) in [6.07, 6.45) is 1.44. The third-order valence-electron chi connectivity index (χ3n) is 2.99. The molecule has 2 heterocycles. The molecule has 3 rings (SSSR count). The summed E-state index contributed by atoms with van der Waals surface area (Å²) in [5, 5.41) is 11.5. The van der Waals surface area contributed by atoms with Crippen molar-refractivity contribution in [1.29, 1.82) is 0 Å². The van der Waals surface area contributed by atoms with Gasteiger partial charge in [0.15, 0.2) is 5.82 Å². The first-order valence-corrected chi connectivity index (χ1v) is 6.46. The summed E-state index contributed by atoms with van der Waals surface area (Å²) in [4.78, 5) is 0. The predicted molar refractivity (Wildman–Crippen MR) is 80.2 cm³/mol. The van der Waals surface area contributed by atoms with Crippen LogP contribution in [-0.4, -0.2) is 21.1 Å². The predicted octanol–water partition coefficient (Wildman–Crippen LogP) is 2.15. The van der Waals surface area contributed by atoms with Gasteiger partial charge in [-0.05, 0) is 31.2 Å². The van der Waals surface area contributed by atoms with Crippen LogP contribution in [-0.2, 0) is 0 Å². The largest absolute Gasteiger partial charge is 0.455 e. The van der Waals surface area contributed by atoms with E-state index in [0.29, 0.717) is 28.9 Å². The summed E-state index contributed by atoms with van der Waals surface area (Å²) >= 11 is 0. The number of benzene rings is 1. The van der Waals surface area contributed by atoms with Gasteiger partial charge in [0.05, 0.1) is 11.8 Å². The van der Waals surface area contributed by atoms with Crippen molar-refractivity contribution in [2.75, 3.05) is 11.3 Å². The highest BCUT2D eigenvalue weighted by Gasteiger charge is 2.08. The average Bonchev–Trinajstić information content (AvgIpc) is 3.10. The van der Waals surface area contributed by atoms with Crippen molar-refractivity contribution in [1.82, 2.24) is 14.9 Å². The van der Waals surface area contributed by atoms with Crippen molar-refractivity contribution in [2.24, 2.45) is 5.10 Å². The van der Waals surface area contributed by atoms with Gasteiger partial charge in [-0.3, -0.25) is 0 Å². The second kappa shape index (κ2) is 5.68. The van der Waals surface area contributed by atoms with E-state index in [1.54, 1.807) is 37.3 Å². The average molecular weight is 300 g/mol. The van der Waals surface area contributed by atoms with Crippen molar-refractivity contribution < 1.29 is 8.81 Å². The Morgan fingerprint density at radius 1 is 1.27 bits per heavy atom. The Bertz CT molecular complexity index is 822. The third kappa shape index (κ3) is 2.66. The van der Waals surface area contributed by atoms with Crippen LogP contribution in [0.5, 0.6) is 0 Å². The Labute approximate surface area is 125 Å². The van der Waals surface area contributed by atoms with E-state index in [9.17, 15) is 4.39 Å². The fraction of sp³-hybridized carbons (Fsp3) is 0.0714. The van der Waals surface area contributed by atoms with Gasteiger partial charge >= 0.3 is 0 Å². The summed E-state index contributed by atoms with van der Waals surface area (Å²) in [5.41, 5.74) is 3.04. The Morgan fingerprint density at radius 3 is 2.82 bits per heavy atom. The zero-order valence-electron chi connectivity index (χ0n) is 11.7. The monoisotopic (exact) mass is 300 g/mol. The van der Waals surface area contributed by atoms with Crippen molar-refractivity contribution in [2.45, 2.75) is 6.92 Å². The van der Waals surface area contributed by atoms with Crippen molar-refractivity contribution in [3.8, 4) is 11.3 Å². The number of nitrogens with two attached hydrogens (primary N) is 1. The molecule has 3 N–H and O–H groups in total. The van der Waals surface area contributed by atoms with Gasteiger partial charge in [-0.2, -0.15) is 5.10 Å². The molecule has 0 radical (unpaired) electrons. The summed E-state index contributed by atoms with van der Waals surface area (Å²) in [6.45, 7) is 1.72. The minimum atomic E-state index is -0.342. The van der Waals surface area contributed by atoms with Crippen LogP contribution in [0.4, 0.5) is 10.3 Å². The molecule has 0 spiro atoms. The number of nitrogens with zero attached hydrogens (tertiary/aromatic N) is 4. The molecule has 22 heavy (non-hydrogen) atoms. The molecule has 1 aromatic carbocycles. The molecular formula is C14H13FN6O. The lowest BCUT2D eigenvalue weighted by Crippen LogP contribution is -2.13. The van der Waals surface area contributed by atoms with Gasteiger partial charge in [0, 0.05) is 0 Å². The lowest BCUT2D eigenvalue weighted by atomic mass is 10.1. The normalized spacial score (nSPS) is 11.2. The Morgan fingerprint density at radius 2 is 2.09 bits per heavy atom. The molecule has 0 aliphatic carbocycles. The summed E-state index contributed by atoms with van der Waals surface area (Å²) in [6, 6.07) is 9.75. The molecule has 0 atom stereocenters. The van der Waals surface area contributed by atoms with Crippen LogP contribution in [0.2, 0.25) is 0 Å². The molecule has 0 aliphatic rings. The van der Waals surface area contributed by atoms with Crippen LogP contribution in [0.25, 0.3) is 11.3 Å². The molecule has 3 aromatic rings. The van der Waals surface area contributed by atoms with Crippen LogP contribution in [0, 0.1) is 12.7 Å². The van der Waals surface area contributed by atoms with E-state index < -0.39 is 0 Å². The minimum absolute atomic E-state index is 0.301. The summed E-state index contributed by atoms with van der Waals surface area (Å²) in [7, 11) is 0. The van der Waals surface area contributed by atoms with E-state index in [0.717, 1.165) is 0 Å². The SMILES string of the molecule is Cc1nnc(N/N=C/c2ccc(-c3ccccc3F)o2)n1N. The number of furan rings is 1. The van der Waals surface area contributed by atoms with Crippen molar-refractivity contribution in [3.63, 3.8) is 0 Å². The maximum Gasteiger partial charge on any atom is 0.263 e. The Kier molecular flexibility index (Phi) is 3.57. The van der Waals surface area contributed by atoms with E-state index in [1.165, 1.54) is 17.0 Å². The molecule has 0 fully saturated rings. The van der Waals surface area contributed by atoms with Crippen LogP contribution >= 0.6 is 0 Å². The first kappa shape index (κ1) is 13.8. The van der Waals surface area contributed by atoms with Crippen molar-refractivity contribution in [3.05, 3.63) is 53.8 Å². The number of hydrogen-bond donors (Lipinski definition) is 2. The van der Waals surface area contributed by atoms with Crippen molar-refractivity contribution >= 4 is 12.2 Å². The zero-order chi connectivity index (χ0) is 15.5. The molecule has 0 amide bonds. The Hall–Kier alpha value is -3.16. The molecule has 112 valence electrons. The molecule has 0 unspecified atom stereocenters. The van der Waals surface area contributed by atoms with Crippen LogP contribution in [0.3, 0.4) is 0 Å². The number of anilines is 1. The highest BCUT2D eigenvalue weighted by Crippen LogP contribution is 2.24. The second-order valence-electron chi connectivity index (χ2n) is 4.49. The van der Waals surface area contributed by atoms with Gasteiger partial charge in [0.1, 0.15) is 17.3 Å². The maximum atomic E-state index is 13.7. The van der Waals surface area contributed by atoms with E-state index in [2.05, 4.69) is 20.7 Å². The fourth-order valence-corrected chi connectivity index (χ4v) is 1.83. The third-order valence-corrected chi connectivity index (χ3v) is 2.99. The standard InChI is InChI=1S/C14H13FN6O/c1-9-18-20-14(21(9)16)19-17-8-10-6-7-13(22-10)11-4-2-3-5-12(11)15/h2-8H,16H2,1H3,(H,19,20)/b17-8+. The van der Waals surface area contributed by atoms with Gasteiger partial charge in [-0.1, -0.05) is 12.1 Å². The van der Waals surface area contributed by atoms with E-state index >= 15 is 0 Å². The van der Waals surface area contributed by atoms with Gasteiger partial charge < -0.3 is 10.3 Å². The Balaban J connectivity index is 1.73. The smallest absolute Gasteiger partial charge is 0.263 e. The molecule has 0 saturated carbocycles. The van der Waals surface area contributed by atoms with Gasteiger partial charge in [0.2, 0.25) is 0 Å². The van der Waals surface area contributed by atoms with Crippen LogP contribution < -0.4 is 11.3 Å². The number of halogens is 1. The number of aryl methyl sites for hydroxylation is 1. The number of nitrogen functional groups attached to an aromatic ring is 1. The van der Waals surface area contributed by atoms with Gasteiger partial charge in [-0.25, -0.2) is 14.5 Å². The minimum Gasteiger partial charge on any atom is -0.455 e. The number of hydrogen-bond acceptors (Lipinski definition) is 6. The fourth-order valence-electron chi connectivity index (χ4n) is 1.83. The highest BCUT2D eigenvalue weighted by molar-refractivity contribution is 5.78. The second-order valence-corrected chi connectivity index (χ2v) is 4.49. The summed E-state index contributed by atoms with van der Waals surface area (Å²) < 4.78 is 20.5. The first-order valence-electron chi connectivity index (χ1n) is 6.46. The summed E-state index contributed by atoms with van der Waals surface area (Å²) in [5.74, 6) is 7.07. The number of aromatic nitrogens is 3. The zero-order valence-corrected chi connectivity index (χ0v) is 11.7. The molecule has 0 saturated heterocycles. The maximum absolute atomic E-state index is 13.7. The highest BCUT2D eigenvalue weighted by atomic mass is 19.1. The quantitative estimate of drug-likeness (QED) is 0.437. The molecule has 8 heteroatoms. The van der Waals surface area contributed by atoms with Gasteiger partial charge in [0.25, 0.3) is 5.95 Å².